The Morgan fingerprint density at radius 1 is 0.774 bits per heavy atom. The van der Waals surface area contributed by atoms with Gasteiger partial charge in [-0.3, -0.25) is 0 Å². The van der Waals surface area contributed by atoms with Crippen LogP contribution in [0.2, 0.25) is 0 Å². The van der Waals surface area contributed by atoms with Crippen LogP contribution >= 0.6 is 11.3 Å². The van der Waals surface area contributed by atoms with E-state index in [0.717, 1.165) is 0 Å². The quantitative estimate of drug-likeness (QED) is 0.271. The molecule has 2 heteroatoms. The van der Waals surface area contributed by atoms with Crippen LogP contribution in [0.5, 0.6) is 0 Å². The predicted octanol–water partition coefficient (Wildman–Crippen LogP) is 9.85. The molecule has 0 saturated carbocycles. The maximum atomic E-state index is 3.98. The van der Waals surface area contributed by atoms with E-state index in [9.17, 15) is 0 Å². The van der Waals surface area contributed by atoms with E-state index >= 15 is 0 Å². The van der Waals surface area contributed by atoms with Gasteiger partial charge in [0, 0.05) is 42.0 Å². The maximum Gasteiger partial charge on any atom is 0.0479 e. The van der Waals surface area contributed by atoms with E-state index in [1.165, 1.54) is 63.9 Å². The molecule has 156 valence electrons. The van der Waals surface area contributed by atoms with Crippen LogP contribution < -0.4 is 0 Å². The van der Waals surface area contributed by atoms with Crippen molar-refractivity contribution in [2.45, 2.75) is 34.6 Å². The lowest BCUT2D eigenvalue weighted by Gasteiger charge is -2.01. The largest absolute Gasteiger partial charge is 0.354 e. The molecular formula is C29H29NS. The molecule has 1 N–H and O–H groups in total. The summed E-state index contributed by atoms with van der Waals surface area (Å²) in [7, 11) is 0. The van der Waals surface area contributed by atoms with Crippen molar-refractivity contribution in [2.24, 2.45) is 0 Å². The third-order valence-electron chi connectivity index (χ3n) is 5.70. The molecule has 0 radical (unpaired) electrons. The molecule has 0 fully saturated rings. The number of thiophene rings is 1. The molecule has 0 spiro atoms. The fourth-order valence-electron chi connectivity index (χ4n) is 4.37. The number of nitrogens with one attached hydrogen (secondary N) is 1. The summed E-state index contributed by atoms with van der Waals surface area (Å²) in [5.41, 5.74) is 4.91. The van der Waals surface area contributed by atoms with Crippen LogP contribution in [0.4, 0.5) is 0 Å². The average Bonchev–Trinajstić information content (AvgIpc) is 3.38. The van der Waals surface area contributed by atoms with Crippen LogP contribution in [0.15, 0.2) is 67.2 Å². The van der Waals surface area contributed by atoms with Crippen molar-refractivity contribution < 1.29 is 0 Å². The summed E-state index contributed by atoms with van der Waals surface area (Å²) >= 11 is 1.90. The molecule has 4 aromatic carbocycles. The fourth-order valence-corrected chi connectivity index (χ4v) is 5.70. The zero-order chi connectivity index (χ0) is 22.1. The van der Waals surface area contributed by atoms with E-state index in [2.05, 4.69) is 79.2 Å². The van der Waals surface area contributed by atoms with E-state index in [1.54, 1.807) is 0 Å². The second-order valence-corrected chi connectivity index (χ2v) is 8.26. The lowest BCUT2D eigenvalue weighted by Crippen LogP contribution is -1.79. The lowest BCUT2D eigenvalue weighted by atomic mass is 10.0. The van der Waals surface area contributed by atoms with E-state index < -0.39 is 0 Å². The van der Waals surface area contributed by atoms with Crippen LogP contribution in [-0.4, -0.2) is 4.98 Å². The summed E-state index contributed by atoms with van der Waals surface area (Å²) in [6.45, 7) is 14.1. The monoisotopic (exact) mass is 423 g/mol. The van der Waals surface area contributed by atoms with Crippen molar-refractivity contribution in [3.8, 4) is 0 Å². The Bertz CT molecular complexity index is 1550. The van der Waals surface area contributed by atoms with Gasteiger partial charge in [-0.2, -0.15) is 0 Å². The van der Waals surface area contributed by atoms with Gasteiger partial charge in [-0.25, -0.2) is 0 Å². The van der Waals surface area contributed by atoms with Gasteiger partial charge in [0.15, 0.2) is 0 Å². The molecule has 0 amide bonds. The number of hydrogen-bond donors (Lipinski definition) is 1. The number of fused-ring (bicyclic) bond motifs is 9. The Balaban J connectivity index is 0.000000549. The van der Waals surface area contributed by atoms with Crippen molar-refractivity contribution >= 4 is 70.2 Å². The highest BCUT2D eigenvalue weighted by atomic mass is 32.1. The van der Waals surface area contributed by atoms with Gasteiger partial charge < -0.3 is 4.98 Å². The van der Waals surface area contributed by atoms with Gasteiger partial charge in [0.05, 0.1) is 0 Å². The summed E-state index contributed by atoms with van der Waals surface area (Å²) in [6, 6.07) is 22.2. The first-order valence-electron chi connectivity index (χ1n) is 11.2. The van der Waals surface area contributed by atoms with E-state index in [4.69, 9.17) is 0 Å². The molecule has 0 unspecified atom stereocenters. The third-order valence-corrected chi connectivity index (χ3v) is 6.88. The van der Waals surface area contributed by atoms with Crippen molar-refractivity contribution in [1.29, 1.82) is 0 Å². The molecule has 1 nitrogen and oxygen atoms in total. The van der Waals surface area contributed by atoms with Crippen LogP contribution in [0.3, 0.4) is 0 Å². The summed E-state index contributed by atoms with van der Waals surface area (Å²) < 4.78 is 2.71. The first-order valence-corrected chi connectivity index (χ1v) is 12.0. The van der Waals surface area contributed by atoms with E-state index in [1.807, 2.05) is 45.1 Å². The lowest BCUT2D eigenvalue weighted by molar-refractivity contribution is 1.49. The molecule has 2 aromatic heterocycles. The molecule has 0 bridgehead atoms. The normalized spacial score (nSPS) is 10.9. The first kappa shape index (κ1) is 21.1. The third kappa shape index (κ3) is 3.23. The van der Waals surface area contributed by atoms with Crippen molar-refractivity contribution in [3.05, 3.63) is 78.4 Å². The number of aromatic nitrogens is 1. The minimum atomic E-state index is 1.21. The molecule has 0 atom stereocenters. The van der Waals surface area contributed by atoms with Gasteiger partial charge >= 0.3 is 0 Å². The number of hydrogen-bond acceptors (Lipinski definition) is 1. The Kier molecular flexibility index (Phi) is 5.84. The number of H-pyrrole nitrogens is 1. The van der Waals surface area contributed by atoms with Crippen LogP contribution in [0.25, 0.3) is 58.8 Å². The maximum absolute atomic E-state index is 3.98. The second kappa shape index (κ2) is 8.56. The Labute approximate surface area is 188 Å². The standard InChI is InChI=1S/C25H17NS.2C2H6/c1-3-15-13-19-18-9-11-21-24(25(18)27-22(19)12-14(15)2)23-17-7-5-4-6-16(17)8-10-20(23)26-21;2*1-2/h3-13,26H,1H2,2H3;2*1-2H3. The second-order valence-electron chi connectivity index (χ2n) is 7.21. The predicted molar refractivity (Wildman–Crippen MR) is 144 cm³/mol. The van der Waals surface area contributed by atoms with Gasteiger partial charge in [-0.05, 0) is 53.1 Å². The van der Waals surface area contributed by atoms with Crippen molar-refractivity contribution in [1.82, 2.24) is 4.98 Å². The molecule has 31 heavy (non-hydrogen) atoms. The number of rotatable bonds is 1. The van der Waals surface area contributed by atoms with Gasteiger partial charge in [-0.1, -0.05) is 76.7 Å². The van der Waals surface area contributed by atoms with Crippen LogP contribution in [0, 0.1) is 6.92 Å². The topological polar surface area (TPSA) is 15.8 Å². The summed E-state index contributed by atoms with van der Waals surface area (Å²) in [5, 5.41) is 7.94. The highest BCUT2D eigenvalue weighted by Crippen LogP contribution is 2.43. The minimum absolute atomic E-state index is 1.21. The molecule has 6 aromatic rings. The first-order chi connectivity index (χ1) is 15.2. The average molecular weight is 424 g/mol. The van der Waals surface area contributed by atoms with Crippen LogP contribution in [-0.2, 0) is 0 Å². The Hall–Kier alpha value is -3.10. The Morgan fingerprint density at radius 3 is 2.26 bits per heavy atom. The number of aryl methyl sites for hydroxylation is 1. The number of benzene rings is 4. The van der Waals surface area contributed by atoms with Gasteiger partial charge in [0.2, 0.25) is 0 Å². The van der Waals surface area contributed by atoms with Crippen molar-refractivity contribution in [2.75, 3.05) is 0 Å². The highest BCUT2D eigenvalue weighted by molar-refractivity contribution is 7.26. The molecule has 0 aliphatic rings. The fraction of sp³-hybridized carbons (Fsp3) is 0.172. The van der Waals surface area contributed by atoms with Gasteiger partial charge in [-0.15, -0.1) is 11.3 Å². The molecule has 0 saturated heterocycles. The van der Waals surface area contributed by atoms with E-state index in [-0.39, 0.29) is 0 Å². The summed E-state index contributed by atoms with van der Waals surface area (Å²) in [4.78, 5) is 3.63. The van der Waals surface area contributed by atoms with E-state index in [0.29, 0.717) is 0 Å². The van der Waals surface area contributed by atoms with Crippen LogP contribution in [0.1, 0.15) is 38.8 Å². The van der Waals surface area contributed by atoms with Gasteiger partial charge in [0.25, 0.3) is 0 Å². The molecule has 2 heterocycles. The smallest absolute Gasteiger partial charge is 0.0479 e. The SMILES string of the molecule is C=Cc1cc2c(cc1C)sc1c2ccc2[nH]c3ccc4ccccc4c3c21.CC.CC. The molecule has 0 aliphatic carbocycles. The Morgan fingerprint density at radius 2 is 1.48 bits per heavy atom. The molecule has 0 aliphatic heterocycles. The molecular weight excluding hydrogens is 394 g/mol. The highest BCUT2D eigenvalue weighted by Gasteiger charge is 2.15. The minimum Gasteiger partial charge on any atom is -0.354 e. The zero-order valence-corrected chi connectivity index (χ0v) is 19.8. The summed E-state index contributed by atoms with van der Waals surface area (Å²) in [5.74, 6) is 0. The van der Waals surface area contributed by atoms with Gasteiger partial charge in [0.1, 0.15) is 0 Å². The van der Waals surface area contributed by atoms with Crippen molar-refractivity contribution in [3.63, 3.8) is 0 Å². The molecule has 6 rings (SSSR count). The zero-order valence-electron chi connectivity index (χ0n) is 19.0. The number of aromatic amines is 1. The summed E-state index contributed by atoms with van der Waals surface area (Å²) in [6.07, 6.45) is 1.95.